The summed E-state index contributed by atoms with van der Waals surface area (Å²) in [5.74, 6) is 0.154. The molecule has 4 rings (SSSR count). The zero-order valence-electron chi connectivity index (χ0n) is 15.3. The van der Waals surface area contributed by atoms with Gasteiger partial charge in [0.15, 0.2) is 6.54 Å². The molecule has 1 fully saturated rings. The quantitative estimate of drug-likeness (QED) is 0.621. The van der Waals surface area contributed by atoms with Gasteiger partial charge in [-0.3, -0.25) is 4.79 Å². The van der Waals surface area contributed by atoms with Crippen molar-refractivity contribution in [2.24, 2.45) is 7.05 Å². The van der Waals surface area contributed by atoms with E-state index < -0.39 is 0 Å². The van der Waals surface area contributed by atoms with E-state index in [2.05, 4.69) is 58.4 Å². The summed E-state index contributed by atoms with van der Waals surface area (Å²) in [5.41, 5.74) is 3.75. The fraction of sp³-hybridized carbons (Fsp3) is 0.381. The Hall–Kier alpha value is -2.53. The van der Waals surface area contributed by atoms with Crippen LogP contribution in [-0.2, 0) is 18.3 Å². The van der Waals surface area contributed by atoms with Crippen molar-refractivity contribution >= 4 is 16.8 Å². The molecule has 0 radical (unpaired) electrons. The number of fused-ring (bicyclic) bond motifs is 1. The Labute approximate surface area is 154 Å². The number of carbonyl (C=O) groups is 1. The third kappa shape index (κ3) is 3.40. The maximum Gasteiger partial charge on any atom is 0.275 e. The number of para-hydroxylation sites is 1. The van der Waals surface area contributed by atoms with Crippen LogP contribution in [0.2, 0.25) is 0 Å². The highest BCUT2D eigenvalue weighted by Crippen LogP contribution is 2.19. The van der Waals surface area contributed by atoms with Crippen LogP contribution in [0.5, 0.6) is 0 Å². The molecule has 2 aromatic heterocycles. The van der Waals surface area contributed by atoms with Crippen molar-refractivity contribution in [2.45, 2.75) is 25.3 Å². The lowest BCUT2D eigenvalue weighted by Gasteiger charge is -2.21. The van der Waals surface area contributed by atoms with E-state index in [9.17, 15) is 4.79 Å². The first-order valence-corrected chi connectivity index (χ1v) is 9.50. The first-order chi connectivity index (χ1) is 12.7. The maximum atomic E-state index is 12.4. The van der Waals surface area contributed by atoms with Crippen LogP contribution in [0.15, 0.2) is 48.8 Å². The molecule has 3 heterocycles. The minimum absolute atomic E-state index is 0.154. The lowest BCUT2D eigenvalue weighted by Crippen LogP contribution is -3.11. The van der Waals surface area contributed by atoms with Crippen molar-refractivity contribution in [3.05, 3.63) is 60.0 Å². The largest absolute Gasteiger partial charge is 0.361 e. The molecule has 26 heavy (non-hydrogen) atoms. The van der Waals surface area contributed by atoms with Gasteiger partial charge in [-0.05, 0) is 30.2 Å². The van der Waals surface area contributed by atoms with E-state index in [1.165, 1.54) is 28.0 Å². The van der Waals surface area contributed by atoms with E-state index in [-0.39, 0.29) is 5.91 Å². The average molecular weight is 351 g/mol. The Morgan fingerprint density at radius 3 is 3.04 bits per heavy atom. The van der Waals surface area contributed by atoms with Crippen LogP contribution < -0.4 is 10.2 Å². The first kappa shape index (κ1) is 16.9. The molecule has 0 spiro atoms. The van der Waals surface area contributed by atoms with Gasteiger partial charge in [0, 0.05) is 49.7 Å². The van der Waals surface area contributed by atoms with E-state index in [4.69, 9.17) is 0 Å². The third-order valence-electron chi connectivity index (χ3n) is 5.60. The fourth-order valence-corrected chi connectivity index (χ4v) is 4.26. The number of hydrogen-bond donors (Lipinski definition) is 3. The molecule has 3 aromatic rings. The SMILES string of the molecule is Cn1cccc1[C@@H]1CCC[NH+]1CC(=O)NCCc1c[nH]c2ccccc12. The number of aromatic amines is 1. The number of nitrogens with one attached hydrogen (secondary N) is 3. The normalized spacial score (nSPS) is 19.9. The summed E-state index contributed by atoms with van der Waals surface area (Å²) in [6, 6.07) is 13.0. The summed E-state index contributed by atoms with van der Waals surface area (Å²) in [4.78, 5) is 17.1. The summed E-state index contributed by atoms with van der Waals surface area (Å²) < 4.78 is 2.19. The molecule has 5 heteroatoms. The minimum Gasteiger partial charge on any atom is -0.361 e. The molecule has 1 saturated heterocycles. The number of rotatable bonds is 6. The molecule has 136 valence electrons. The van der Waals surface area contributed by atoms with Crippen molar-refractivity contribution in [1.82, 2.24) is 14.9 Å². The van der Waals surface area contributed by atoms with Gasteiger partial charge in [0.05, 0.1) is 12.2 Å². The highest BCUT2D eigenvalue weighted by molar-refractivity contribution is 5.83. The number of benzene rings is 1. The molecule has 1 amide bonds. The minimum atomic E-state index is 0.154. The van der Waals surface area contributed by atoms with Gasteiger partial charge in [-0.2, -0.15) is 0 Å². The molecule has 0 saturated carbocycles. The number of quaternary nitrogens is 1. The average Bonchev–Trinajstić information content (AvgIpc) is 3.35. The van der Waals surface area contributed by atoms with Crippen LogP contribution in [0.4, 0.5) is 0 Å². The predicted octanol–water partition coefficient (Wildman–Crippen LogP) is 1.59. The zero-order valence-corrected chi connectivity index (χ0v) is 15.3. The van der Waals surface area contributed by atoms with Gasteiger partial charge in [0.25, 0.3) is 5.91 Å². The Balaban J connectivity index is 1.31. The molecule has 2 atom stereocenters. The smallest absolute Gasteiger partial charge is 0.275 e. The Bertz CT molecular complexity index is 894. The Kier molecular flexibility index (Phi) is 4.80. The van der Waals surface area contributed by atoms with Gasteiger partial charge in [-0.1, -0.05) is 18.2 Å². The van der Waals surface area contributed by atoms with Gasteiger partial charge in [-0.25, -0.2) is 0 Å². The number of likely N-dealkylation sites (tertiary alicyclic amines) is 1. The second kappa shape index (κ2) is 7.38. The van der Waals surface area contributed by atoms with Gasteiger partial charge in [0.1, 0.15) is 6.04 Å². The molecule has 1 aliphatic rings. The first-order valence-electron chi connectivity index (χ1n) is 9.50. The number of aromatic nitrogens is 2. The van der Waals surface area contributed by atoms with Gasteiger partial charge in [-0.15, -0.1) is 0 Å². The molecule has 1 unspecified atom stereocenters. The standard InChI is InChI=1S/C21H26N4O/c1-24-12-4-8-19(24)20-9-5-13-25(20)15-21(26)22-11-10-16-14-23-18-7-3-2-6-17(16)18/h2-4,6-8,12,14,20,23H,5,9-11,13,15H2,1H3,(H,22,26)/p+1/t20-/m0/s1. The van der Waals surface area contributed by atoms with Crippen molar-refractivity contribution in [2.75, 3.05) is 19.6 Å². The van der Waals surface area contributed by atoms with Crippen molar-refractivity contribution in [1.29, 1.82) is 0 Å². The Morgan fingerprint density at radius 2 is 2.19 bits per heavy atom. The summed E-state index contributed by atoms with van der Waals surface area (Å²) in [5, 5.41) is 4.36. The van der Waals surface area contributed by atoms with Crippen molar-refractivity contribution in [3.63, 3.8) is 0 Å². The van der Waals surface area contributed by atoms with E-state index in [1.807, 2.05) is 12.3 Å². The summed E-state index contributed by atoms with van der Waals surface area (Å²) in [6.45, 7) is 2.32. The van der Waals surface area contributed by atoms with Crippen LogP contribution >= 0.6 is 0 Å². The monoisotopic (exact) mass is 351 g/mol. The number of amides is 1. The highest BCUT2D eigenvalue weighted by Gasteiger charge is 2.32. The topological polar surface area (TPSA) is 54.3 Å². The van der Waals surface area contributed by atoms with Crippen LogP contribution in [-0.4, -0.2) is 35.1 Å². The summed E-state index contributed by atoms with van der Waals surface area (Å²) in [6.07, 6.45) is 7.34. The van der Waals surface area contributed by atoms with Gasteiger partial charge < -0.3 is 19.8 Å². The lowest BCUT2D eigenvalue weighted by molar-refractivity contribution is -0.911. The summed E-state index contributed by atoms with van der Waals surface area (Å²) >= 11 is 0. The van der Waals surface area contributed by atoms with Crippen LogP contribution in [0, 0.1) is 0 Å². The number of hydrogen-bond acceptors (Lipinski definition) is 1. The van der Waals surface area contributed by atoms with Crippen molar-refractivity contribution < 1.29 is 9.69 Å². The Morgan fingerprint density at radius 1 is 1.31 bits per heavy atom. The molecule has 1 aliphatic heterocycles. The molecule has 1 aromatic carbocycles. The van der Waals surface area contributed by atoms with Crippen LogP contribution in [0.1, 0.15) is 30.1 Å². The third-order valence-corrected chi connectivity index (χ3v) is 5.60. The second-order valence-corrected chi connectivity index (χ2v) is 7.28. The van der Waals surface area contributed by atoms with Crippen LogP contribution in [0.3, 0.4) is 0 Å². The van der Waals surface area contributed by atoms with Crippen LogP contribution in [0.25, 0.3) is 10.9 Å². The van der Waals surface area contributed by atoms with Gasteiger partial charge in [0.2, 0.25) is 0 Å². The zero-order chi connectivity index (χ0) is 17.9. The van der Waals surface area contributed by atoms with E-state index in [0.717, 1.165) is 24.9 Å². The number of H-pyrrole nitrogens is 1. The predicted molar refractivity (Wildman–Crippen MR) is 103 cm³/mol. The maximum absolute atomic E-state index is 12.4. The molecule has 5 nitrogen and oxygen atoms in total. The summed E-state index contributed by atoms with van der Waals surface area (Å²) in [7, 11) is 2.09. The van der Waals surface area contributed by atoms with E-state index in [1.54, 1.807) is 0 Å². The van der Waals surface area contributed by atoms with Gasteiger partial charge >= 0.3 is 0 Å². The van der Waals surface area contributed by atoms with E-state index in [0.29, 0.717) is 19.1 Å². The lowest BCUT2D eigenvalue weighted by atomic mass is 10.1. The second-order valence-electron chi connectivity index (χ2n) is 7.28. The molecule has 3 N–H and O–H groups in total. The highest BCUT2D eigenvalue weighted by atomic mass is 16.2. The molecule has 0 aliphatic carbocycles. The van der Waals surface area contributed by atoms with E-state index >= 15 is 0 Å². The van der Waals surface area contributed by atoms with Crippen molar-refractivity contribution in [3.8, 4) is 0 Å². The molecular formula is C21H27N4O+. The number of aryl methyl sites for hydroxylation is 1. The fourth-order valence-electron chi connectivity index (χ4n) is 4.26. The number of nitrogens with zero attached hydrogens (tertiary/aromatic N) is 1. The molecule has 0 bridgehead atoms. The number of carbonyl (C=O) groups excluding carboxylic acids is 1. The molecular weight excluding hydrogens is 324 g/mol.